The number of amides is 1. The van der Waals surface area contributed by atoms with E-state index in [4.69, 9.17) is 4.74 Å². The number of ketones is 1. The number of hydrogen-bond acceptors (Lipinski definition) is 7. The summed E-state index contributed by atoms with van der Waals surface area (Å²) in [6.07, 6.45) is 3.81. The second kappa shape index (κ2) is 11.0. The summed E-state index contributed by atoms with van der Waals surface area (Å²) in [5.74, 6) is -3.64. The first-order chi connectivity index (χ1) is 19.1. The van der Waals surface area contributed by atoms with Crippen LogP contribution in [-0.2, 0) is 21.2 Å². The Kier molecular flexibility index (Phi) is 7.64. The Bertz CT molecular complexity index is 1580. The highest BCUT2D eigenvalue weighted by atomic mass is 32.2. The van der Waals surface area contributed by atoms with Crippen molar-refractivity contribution in [1.82, 2.24) is 19.4 Å². The fourth-order valence-corrected chi connectivity index (χ4v) is 6.94. The number of alkyl halides is 1. The van der Waals surface area contributed by atoms with Gasteiger partial charge < -0.3 is 4.74 Å². The van der Waals surface area contributed by atoms with Crippen molar-refractivity contribution in [2.45, 2.75) is 50.0 Å². The van der Waals surface area contributed by atoms with Gasteiger partial charge in [-0.3, -0.25) is 14.0 Å². The third-order valence-electron chi connectivity index (χ3n) is 7.02. The third-order valence-corrected chi connectivity index (χ3v) is 9.12. The molecule has 10 nitrogen and oxygen atoms in total. The molecule has 0 spiro atoms. The number of unbranched alkanes of at least 4 members (excludes halogenated alkanes) is 1. The molecule has 1 atom stereocenters. The van der Waals surface area contributed by atoms with Gasteiger partial charge in [-0.2, -0.15) is 14.1 Å². The Morgan fingerprint density at radius 2 is 1.93 bits per heavy atom. The minimum atomic E-state index is -4.14. The quantitative estimate of drug-likeness (QED) is 0.268. The minimum absolute atomic E-state index is 0.0547. The molecule has 0 N–H and O–H groups in total. The van der Waals surface area contributed by atoms with Gasteiger partial charge in [-0.25, -0.2) is 17.2 Å². The molecule has 1 saturated heterocycles. The van der Waals surface area contributed by atoms with Crippen LogP contribution in [0, 0.1) is 18.6 Å². The molecule has 1 amide bonds. The van der Waals surface area contributed by atoms with Gasteiger partial charge in [0.1, 0.15) is 12.4 Å². The van der Waals surface area contributed by atoms with E-state index in [-0.39, 0.29) is 40.6 Å². The van der Waals surface area contributed by atoms with E-state index >= 15 is 0 Å². The van der Waals surface area contributed by atoms with Crippen LogP contribution >= 0.6 is 0 Å². The monoisotopic (exact) mass is 577 g/mol. The van der Waals surface area contributed by atoms with Crippen molar-refractivity contribution < 1.29 is 35.9 Å². The Morgan fingerprint density at radius 3 is 2.67 bits per heavy atom. The van der Waals surface area contributed by atoms with E-state index in [1.807, 2.05) is 0 Å². The van der Waals surface area contributed by atoms with Crippen LogP contribution < -0.4 is 9.75 Å². The summed E-state index contributed by atoms with van der Waals surface area (Å²) in [6, 6.07) is 4.95. The fraction of sp³-hybridized carbons (Fsp3) is 0.385. The maximum absolute atomic E-state index is 14.0. The van der Waals surface area contributed by atoms with Crippen molar-refractivity contribution in [2.24, 2.45) is 0 Å². The Labute approximate surface area is 228 Å². The SMILES string of the molecule is Cc1c(S(=O)(=O)N2CCC[C@H]2COc2ccc(F)cc2F)ccc2c1C(=O)C(=O)N2n1cc(CCCCF)nn1. The molecule has 0 radical (unpaired) electrons. The number of fused-ring (bicyclic) bond motifs is 1. The van der Waals surface area contributed by atoms with Gasteiger partial charge >= 0.3 is 5.91 Å². The molecule has 2 aliphatic rings. The summed E-state index contributed by atoms with van der Waals surface area (Å²) in [7, 11) is -4.14. The lowest BCUT2D eigenvalue weighted by atomic mass is 10.1. The molecule has 0 aliphatic carbocycles. The number of nitrogens with zero attached hydrogens (tertiary/aromatic N) is 5. The van der Waals surface area contributed by atoms with Crippen molar-refractivity contribution in [2.75, 3.05) is 24.8 Å². The number of hydrogen-bond donors (Lipinski definition) is 0. The molecule has 0 unspecified atom stereocenters. The molecule has 3 heterocycles. The topological polar surface area (TPSA) is 115 Å². The number of anilines is 1. The van der Waals surface area contributed by atoms with Crippen LogP contribution in [-0.4, -0.2) is 65.4 Å². The molecule has 2 aliphatic heterocycles. The molecule has 40 heavy (non-hydrogen) atoms. The third kappa shape index (κ3) is 4.96. The molecular formula is C26H26F3N5O5S. The van der Waals surface area contributed by atoms with Gasteiger partial charge in [-0.15, -0.1) is 5.10 Å². The molecule has 0 saturated carbocycles. The molecule has 212 valence electrons. The summed E-state index contributed by atoms with van der Waals surface area (Å²) in [5, 5.41) is 8.94. The van der Waals surface area contributed by atoms with Crippen LogP contribution in [0.3, 0.4) is 0 Å². The average Bonchev–Trinajstić information content (AvgIpc) is 3.63. The molecule has 5 rings (SSSR count). The number of ether oxygens (including phenoxy) is 1. The molecule has 2 aromatic carbocycles. The lowest BCUT2D eigenvalue weighted by molar-refractivity contribution is -0.115. The van der Waals surface area contributed by atoms with Gasteiger partial charge in [0.2, 0.25) is 10.0 Å². The number of aromatic nitrogens is 3. The van der Waals surface area contributed by atoms with Crippen LogP contribution in [0.25, 0.3) is 0 Å². The second-order valence-electron chi connectivity index (χ2n) is 9.60. The Hall–Kier alpha value is -3.78. The molecule has 0 bridgehead atoms. The normalized spacial score (nSPS) is 17.6. The number of Topliss-reactive ketones (excluding diaryl/α,β-unsaturated/α-hetero) is 1. The van der Waals surface area contributed by atoms with Crippen LogP contribution in [0.4, 0.5) is 18.9 Å². The van der Waals surface area contributed by atoms with Crippen molar-refractivity contribution in [3.8, 4) is 5.75 Å². The predicted molar refractivity (Wildman–Crippen MR) is 136 cm³/mol. The first-order valence-corrected chi connectivity index (χ1v) is 14.2. The van der Waals surface area contributed by atoms with Crippen molar-refractivity contribution in [1.29, 1.82) is 0 Å². The van der Waals surface area contributed by atoms with Gasteiger partial charge in [0.15, 0.2) is 11.6 Å². The van der Waals surface area contributed by atoms with Crippen molar-refractivity contribution >= 4 is 27.4 Å². The lowest BCUT2D eigenvalue weighted by Gasteiger charge is -2.25. The molecule has 3 aromatic rings. The van der Waals surface area contributed by atoms with Gasteiger partial charge in [-0.05, 0) is 74.1 Å². The van der Waals surface area contributed by atoms with Crippen molar-refractivity contribution in [3.05, 3.63) is 65.0 Å². The first-order valence-electron chi connectivity index (χ1n) is 12.7. The zero-order valence-electron chi connectivity index (χ0n) is 21.5. The summed E-state index contributed by atoms with van der Waals surface area (Å²) < 4.78 is 73.8. The smallest absolute Gasteiger partial charge is 0.319 e. The number of halogens is 3. The number of aryl methyl sites for hydroxylation is 1. The van der Waals surface area contributed by atoms with Gasteiger partial charge in [0.25, 0.3) is 5.78 Å². The summed E-state index contributed by atoms with van der Waals surface area (Å²) in [5.41, 5.74) is 0.736. The number of rotatable bonds is 10. The Morgan fingerprint density at radius 1 is 1.12 bits per heavy atom. The summed E-state index contributed by atoms with van der Waals surface area (Å²) in [6.45, 7) is 1.03. The van der Waals surface area contributed by atoms with E-state index < -0.39 is 46.1 Å². The molecular weight excluding hydrogens is 551 g/mol. The maximum atomic E-state index is 14.0. The van der Waals surface area contributed by atoms with E-state index in [1.165, 1.54) is 29.6 Å². The number of sulfonamides is 1. The standard InChI is InChI=1S/C26H26F3N5O5S/c1-16-23(40(37,38)32-12-4-6-19(32)15-39-22-9-7-17(28)13-20(22)29)10-8-21-24(16)25(35)26(36)34(21)33-14-18(30-31-33)5-2-3-11-27/h7-10,13-14,19H,2-6,11-12,15H2,1H3/t19-/m0/s1. The highest BCUT2D eigenvalue weighted by Crippen LogP contribution is 2.37. The lowest BCUT2D eigenvalue weighted by Crippen LogP contribution is -2.39. The van der Waals surface area contributed by atoms with Crippen LogP contribution in [0.2, 0.25) is 0 Å². The van der Waals surface area contributed by atoms with E-state index in [1.54, 1.807) is 0 Å². The van der Waals surface area contributed by atoms with E-state index in [0.29, 0.717) is 43.9 Å². The number of carbonyl (C=O) groups is 2. The maximum Gasteiger partial charge on any atom is 0.319 e. The first kappa shape index (κ1) is 27.8. The summed E-state index contributed by atoms with van der Waals surface area (Å²) in [4.78, 5) is 26.9. The van der Waals surface area contributed by atoms with Crippen LogP contribution in [0.1, 0.15) is 47.3 Å². The number of benzene rings is 2. The van der Waals surface area contributed by atoms with Gasteiger partial charge in [0, 0.05) is 12.6 Å². The van der Waals surface area contributed by atoms with E-state index in [0.717, 1.165) is 21.9 Å². The van der Waals surface area contributed by atoms with Crippen LogP contribution in [0.5, 0.6) is 5.75 Å². The zero-order chi connectivity index (χ0) is 28.6. The van der Waals surface area contributed by atoms with E-state index in [2.05, 4.69) is 10.3 Å². The minimum Gasteiger partial charge on any atom is -0.489 e. The highest BCUT2D eigenvalue weighted by Gasteiger charge is 2.43. The summed E-state index contributed by atoms with van der Waals surface area (Å²) >= 11 is 0. The van der Waals surface area contributed by atoms with E-state index in [9.17, 15) is 31.2 Å². The van der Waals surface area contributed by atoms with Crippen LogP contribution in [0.15, 0.2) is 41.4 Å². The number of carbonyl (C=O) groups excluding carboxylic acids is 2. The predicted octanol–water partition coefficient (Wildman–Crippen LogP) is 3.38. The van der Waals surface area contributed by atoms with Gasteiger partial charge in [-0.1, -0.05) is 0 Å². The van der Waals surface area contributed by atoms with Crippen molar-refractivity contribution in [3.63, 3.8) is 0 Å². The Balaban J connectivity index is 1.40. The highest BCUT2D eigenvalue weighted by molar-refractivity contribution is 7.89. The second-order valence-corrected chi connectivity index (χ2v) is 11.5. The average molecular weight is 578 g/mol. The molecule has 14 heteroatoms. The largest absolute Gasteiger partial charge is 0.489 e. The zero-order valence-corrected chi connectivity index (χ0v) is 22.3. The fourth-order valence-electron chi connectivity index (χ4n) is 5.03. The molecule has 1 fully saturated rings. The van der Waals surface area contributed by atoms with Gasteiger partial charge in [0.05, 0.1) is 40.8 Å². The molecule has 1 aromatic heterocycles.